The number of hydrogen-bond acceptors (Lipinski definition) is 6. The summed E-state index contributed by atoms with van der Waals surface area (Å²) >= 11 is 6.17. The van der Waals surface area contributed by atoms with Crippen LogP contribution in [0, 0.1) is 13.8 Å². The van der Waals surface area contributed by atoms with E-state index in [9.17, 15) is 14.4 Å². The fourth-order valence-electron chi connectivity index (χ4n) is 3.29. The van der Waals surface area contributed by atoms with Crippen LogP contribution in [0.5, 0.6) is 11.5 Å². The number of ether oxygens (including phenoxy) is 3. The summed E-state index contributed by atoms with van der Waals surface area (Å²) in [5, 5.41) is 6.31. The first-order chi connectivity index (χ1) is 17.3. The molecule has 3 aromatic carbocycles. The molecule has 3 aromatic rings. The Morgan fingerprint density at radius 3 is 2.25 bits per heavy atom. The number of amides is 2. The molecule has 0 spiro atoms. The van der Waals surface area contributed by atoms with Gasteiger partial charge in [-0.3, -0.25) is 9.59 Å². The molecule has 2 N–H and O–H groups in total. The molecule has 0 aliphatic rings. The van der Waals surface area contributed by atoms with Crippen molar-refractivity contribution in [2.45, 2.75) is 27.3 Å². The monoisotopic (exact) mass is 510 g/mol. The number of halogens is 1. The zero-order valence-electron chi connectivity index (χ0n) is 20.2. The summed E-state index contributed by atoms with van der Waals surface area (Å²) in [5.41, 5.74) is 3.39. The Morgan fingerprint density at radius 1 is 0.917 bits per heavy atom. The van der Waals surface area contributed by atoms with Gasteiger partial charge in [-0.2, -0.15) is 0 Å². The molecule has 0 unspecified atom stereocenters. The van der Waals surface area contributed by atoms with Gasteiger partial charge in [-0.1, -0.05) is 29.8 Å². The normalized spacial score (nSPS) is 10.3. The second-order valence-corrected chi connectivity index (χ2v) is 8.24. The average molecular weight is 511 g/mol. The highest BCUT2D eigenvalue weighted by Gasteiger charge is 2.12. The van der Waals surface area contributed by atoms with E-state index in [0.717, 1.165) is 16.7 Å². The van der Waals surface area contributed by atoms with Gasteiger partial charge in [0.2, 0.25) is 0 Å². The van der Waals surface area contributed by atoms with E-state index < -0.39 is 6.16 Å². The summed E-state index contributed by atoms with van der Waals surface area (Å²) < 4.78 is 15.3. The largest absolute Gasteiger partial charge is 0.513 e. The van der Waals surface area contributed by atoms with Crippen molar-refractivity contribution in [3.63, 3.8) is 0 Å². The van der Waals surface area contributed by atoms with E-state index in [4.69, 9.17) is 25.8 Å². The maximum atomic E-state index is 12.7. The molecule has 188 valence electrons. The molecule has 0 atom stereocenters. The molecule has 0 bridgehead atoms. The maximum absolute atomic E-state index is 12.7. The van der Waals surface area contributed by atoms with Crippen molar-refractivity contribution in [1.82, 2.24) is 5.32 Å². The van der Waals surface area contributed by atoms with Crippen LogP contribution in [0.1, 0.15) is 34.0 Å². The third kappa shape index (κ3) is 7.48. The third-order valence-corrected chi connectivity index (χ3v) is 5.70. The molecule has 2 amide bonds. The minimum absolute atomic E-state index is 0.157. The number of nitrogens with one attached hydrogen (secondary N) is 2. The van der Waals surface area contributed by atoms with Gasteiger partial charge in [-0.15, -0.1) is 0 Å². The topological polar surface area (TPSA) is 103 Å². The summed E-state index contributed by atoms with van der Waals surface area (Å²) in [6.07, 6.45) is -0.811. The number of rotatable bonds is 9. The number of para-hydroxylation sites is 1. The van der Waals surface area contributed by atoms with Crippen molar-refractivity contribution in [3.8, 4) is 11.5 Å². The molecule has 0 radical (unpaired) electrons. The molecule has 0 aromatic heterocycles. The van der Waals surface area contributed by atoms with E-state index in [0.29, 0.717) is 22.0 Å². The molecule has 0 aliphatic carbocycles. The van der Waals surface area contributed by atoms with Crippen molar-refractivity contribution in [1.29, 1.82) is 0 Å². The van der Waals surface area contributed by atoms with Gasteiger partial charge >= 0.3 is 6.16 Å². The van der Waals surface area contributed by atoms with Crippen molar-refractivity contribution in [3.05, 3.63) is 87.9 Å². The predicted octanol–water partition coefficient (Wildman–Crippen LogP) is 5.44. The van der Waals surface area contributed by atoms with Crippen molar-refractivity contribution in [2.75, 3.05) is 18.5 Å². The summed E-state index contributed by atoms with van der Waals surface area (Å²) in [4.78, 5) is 36.5. The lowest BCUT2D eigenvalue weighted by Crippen LogP contribution is -2.29. The molecular formula is C27H27ClN2O6. The van der Waals surface area contributed by atoms with Gasteiger partial charge < -0.3 is 24.8 Å². The second kappa shape index (κ2) is 12.6. The van der Waals surface area contributed by atoms with Gasteiger partial charge in [0.15, 0.2) is 6.61 Å². The first-order valence-corrected chi connectivity index (χ1v) is 11.6. The Morgan fingerprint density at radius 2 is 1.58 bits per heavy atom. The minimum atomic E-state index is -0.811. The Bertz CT molecular complexity index is 1220. The molecule has 0 saturated carbocycles. The summed E-state index contributed by atoms with van der Waals surface area (Å²) in [6.45, 7) is 5.67. The van der Waals surface area contributed by atoms with Crippen LogP contribution >= 0.6 is 11.6 Å². The average Bonchev–Trinajstić information content (AvgIpc) is 2.86. The molecule has 3 rings (SSSR count). The van der Waals surface area contributed by atoms with Crippen LogP contribution in [0.2, 0.25) is 5.02 Å². The van der Waals surface area contributed by atoms with Gasteiger partial charge in [0.25, 0.3) is 11.8 Å². The number of carbonyl (C=O) groups is 3. The number of carbonyl (C=O) groups excluding carboxylic acids is 3. The van der Waals surface area contributed by atoms with Crippen LogP contribution in [-0.4, -0.2) is 31.2 Å². The number of anilines is 1. The molecular weight excluding hydrogens is 484 g/mol. The molecule has 0 heterocycles. The zero-order chi connectivity index (χ0) is 26.1. The number of aryl methyl sites for hydroxylation is 2. The van der Waals surface area contributed by atoms with Crippen molar-refractivity contribution < 1.29 is 28.6 Å². The third-order valence-electron chi connectivity index (χ3n) is 5.10. The lowest BCUT2D eigenvalue weighted by atomic mass is 10.1. The Labute approximate surface area is 214 Å². The van der Waals surface area contributed by atoms with Crippen molar-refractivity contribution in [2.24, 2.45) is 0 Å². The van der Waals surface area contributed by atoms with Crippen molar-refractivity contribution >= 4 is 35.3 Å². The van der Waals surface area contributed by atoms with Crippen LogP contribution in [0.4, 0.5) is 10.5 Å². The zero-order valence-corrected chi connectivity index (χ0v) is 21.0. The van der Waals surface area contributed by atoms with E-state index in [-0.39, 0.29) is 37.3 Å². The fraction of sp³-hybridized carbons (Fsp3) is 0.222. The van der Waals surface area contributed by atoms with Gasteiger partial charge in [-0.25, -0.2) is 4.79 Å². The van der Waals surface area contributed by atoms with E-state index in [2.05, 4.69) is 10.6 Å². The van der Waals surface area contributed by atoms with E-state index in [1.807, 2.05) is 19.9 Å². The maximum Gasteiger partial charge on any atom is 0.513 e. The molecule has 9 heteroatoms. The van der Waals surface area contributed by atoms with Crippen LogP contribution in [0.15, 0.2) is 60.7 Å². The van der Waals surface area contributed by atoms with E-state index in [1.165, 1.54) is 24.3 Å². The van der Waals surface area contributed by atoms with Crippen LogP contribution in [0.3, 0.4) is 0 Å². The predicted molar refractivity (Wildman–Crippen MR) is 137 cm³/mol. The van der Waals surface area contributed by atoms with E-state index >= 15 is 0 Å². The van der Waals surface area contributed by atoms with Gasteiger partial charge in [0, 0.05) is 22.8 Å². The number of benzene rings is 3. The Balaban J connectivity index is 1.55. The molecule has 0 aliphatic heterocycles. The first-order valence-electron chi connectivity index (χ1n) is 11.3. The van der Waals surface area contributed by atoms with Gasteiger partial charge in [0.1, 0.15) is 11.5 Å². The summed E-state index contributed by atoms with van der Waals surface area (Å²) in [5.74, 6) is 0.169. The molecule has 0 saturated heterocycles. The molecule has 0 fully saturated rings. The summed E-state index contributed by atoms with van der Waals surface area (Å²) in [6, 6.07) is 16.8. The Kier molecular flexibility index (Phi) is 9.30. The molecule has 36 heavy (non-hydrogen) atoms. The van der Waals surface area contributed by atoms with Crippen LogP contribution in [-0.2, 0) is 16.1 Å². The highest BCUT2D eigenvalue weighted by molar-refractivity contribution is 6.32. The standard InChI is InChI=1S/C27H27ClN2O6/c1-4-34-27(33)36-21-11-9-19(10-12-21)26(32)30-23-8-6-5-7-20(23)15-29-24(31)16-35-22-13-17(2)25(28)18(3)14-22/h5-14H,4,15-16H2,1-3H3,(H,29,31)(H,30,32). The lowest BCUT2D eigenvalue weighted by molar-refractivity contribution is -0.123. The SMILES string of the molecule is CCOC(=O)Oc1ccc(C(=O)Nc2ccccc2CNC(=O)COc2cc(C)c(Cl)c(C)c2)cc1. The quantitative estimate of drug-likeness (QED) is 0.293. The highest BCUT2D eigenvalue weighted by atomic mass is 35.5. The number of hydrogen-bond donors (Lipinski definition) is 2. The first kappa shape index (κ1) is 26.6. The molecule has 8 nitrogen and oxygen atoms in total. The van der Waals surface area contributed by atoms with E-state index in [1.54, 1.807) is 37.3 Å². The highest BCUT2D eigenvalue weighted by Crippen LogP contribution is 2.26. The lowest BCUT2D eigenvalue weighted by Gasteiger charge is -2.13. The Hall–Kier alpha value is -4.04. The van der Waals surface area contributed by atoms with Crippen LogP contribution in [0.25, 0.3) is 0 Å². The second-order valence-electron chi connectivity index (χ2n) is 7.86. The minimum Gasteiger partial charge on any atom is -0.484 e. The van der Waals surface area contributed by atoms with Crippen LogP contribution < -0.4 is 20.1 Å². The van der Waals surface area contributed by atoms with Gasteiger partial charge in [-0.05, 0) is 79.9 Å². The fourth-order valence-corrected chi connectivity index (χ4v) is 3.40. The summed E-state index contributed by atoms with van der Waals surface area (Å²) in [7, 11) is 0. The smallest absolute Gasteiger partial charge is 0.484 e. The van der Waals surface area contributed by atoms with Gasteiger partial charge in [0.05, 0.1) is 6.61 Å².